The monoisotopic (exact) mass is 468 g/mol. The standard InChI is InChI=1S/C25H25ClN2O5/c1-4-32-21-11-10-19(14-22(21)30-2)25(29)28-27-15-18-12-20(26)24(23(13-18)31-3)33-16-17-8-6-5-7-9-17/h5-15H,4,16H2,1-3H3,(H,28,29)/b27-15+. The number of hydrogen-bond acceptors (Lipinski definition) is 6. The van der Waals surface area contributed by atoms with E-state index in [0.29, 0.717) is 52.4 Å². The summed E-state index contributed by atoms with van der Waals surface area (Å²) in [5.41, 5.74) is 4.51. The van der Waals surface area contributed by atoms with E-state index in [1.165, 1.54) is 20.4 Å². The van der Waals surface area contributed by atoms with Gasteiger partial charge in [0.2, 0.25) is 0 Å². The molecule has 7 nitrogen and oxygen atoms in total. The summed E-state index contributed by atoms with van der Waals surface area (Å²) in [5.74, 6) is 1.54. The molecule has 33 heavy (non-hydrogen) atoms. The number of methoxy groups -OCH3 is 2. The topological polar surface area (TPSA) is 78.4 Å². The van der Waals surface area contributed by atoms with Crippen LogP contribution in [0.2, 0.25) is 5.02 Å². The van der Waals surface area contributed by atoms with Crippen LogP contribution in [0.25, 0.3) is 0 Å². The molecule has 1 amide bonds. The lowest BCUT2D eigenvalue weighted by Crippen LogP contribution is -2.17. The minimum Gasteiger partial charge on any atom is -0.493 e. The molecule has 0 fully saturated rings. The summed E-state index contributed by atoms with van der Waals surface area (Å²) in [6.45, 7) is 2.72. The van der Waals surface area contributed by atoms with Crippen LogP contribution >= 0.6 is 11.6 Å². The molecular formula is C25H25ClN2O5. The molecule has 0 bridgehead atoms. The van der Waals surface area contributed by atoms with E-state index in [1.807, 2.05) is 37.3 Å². The number of nitrogens with one attached hydrogen (secondary N) is 1. The lowest BCUT2D eigenvalue weighted by atomic mass is 10.2. The zero-order valence-electron chi connectivity index (χ0n) is 18.6. The van der Waals surface area contributed by atoms with Crippen molar-refractivity contribution in [3.05, 3.63) is 82.4 Å². The third kappa shape index (κ3) is 6.40. The van der Waals surface area contributed by atoms with Crippen molar-refractivity contribution in [1.29, 1.82) is 0 Å². The number of benzene rings is 3. The highest BCUT2D eigenvalue weighted by molar-refractivity contribution is 6.32. The van der Waals surface area contributed by atoms with Gasteiger partial charge in [-0.25, -0.2) is 5.43 Å². The highest BCUT2D eigenvalue weighted by Crippen LogP contribution is 2.36. The van der Waals surface area contributed by atoms with Gasteiger partial charge >= 0.3 is 0 Å². The number of carbonyl (C=O) groups is 1. The molecular weight excluding hydrogens is 444 g/mol. The molecule has 1 N–H and O–H groups in total. The molecule has 0 saturated carbocycles. The maximum absolute atomic E-state index is 12.4. The molecule has 3 rings (SSSR count). The van der Waals surface area contributed by atoms with Gasteiger partial charge in [-0.15, -0.1) is 0 Å². The van der Waals surface area contributed by atoms with Gasteiger partial charge < -0.3 is 18.9 Å². The predicted molar refractivity (Wildman–Crippen MR) is 128 cm³/mol. The fourth-order valence-corrected chi connectivity index (χ4v) is 3.27. The van der Waals surface area contributed by atoms with E-state index in [1.54, 1.807) is 30.3 Å². The Hall–Kier alpha value is -3.71. The van der Waals surface area contributed by atoms with E-state index in [0.717, 1.165) is 5.56 Å². The summed E-state index contributed by atoms with van der Waals surface area (Å²) < 4.78 is 22.0. The Bertz CT molecular complexity index is 1120. The summed E-state index contributed by atoms with van der Waals surface area (Å²) in [7, 11) is 3.05. The quantitative estimate of drug-likeness (QED) is 0.331. The second kappa shape index (κ2) is 11.8. The summed E-state index contributed by atoms with van der Waals surface area (Å²) in [6.07, 6.45) is 1.47. The van der Waals surface area contributed by atoms with E-state index in [4.69, 9.17) is 30.5 Å². The molecule has 0 saturated heterocycles. The van der Waals surface area contributed by atoms with Gasteiger partial charge in [-0.1, -0.05) is 41.9 Å². The smallest absolute Gasteiger partial charge is 0.271 e. The van der Waals surface area contributed by atoms with Crippen molar-refractivity contribution in [1.82, 2.24) is 5.43 Å². The van der Waals surface area contributed by atoms with E-state index >= 15 is 0 Å². The molecule has 172 valence electrons. The number of ether oxygens (including phenoxy) is 4. The molecule has 0 radical (unpaired) electrons. The first-order chi connectivity index (χ1) is 16.0. The second-order valence-corrected chi connectivity index (χ2v) is 7.21. The summed E-state index contributed by atoms with van der Waals surface area (Å²) >= 11 is 6.41. The van der Waals surface area contributed by atoms with Crippen LogP contribution in [0.15, 0.2) is 65.8 Å². The van der Waals surface area contributed by atoms with Gasteiger partial charge in [0, 0.05) is 5.56 Å². The fraction of sp³-hybridized carbons (Fsp3) is 0.200. The molecule has 0 atom stereocenters. The summed E-state index contributed by atoms with van der Waals surface area (Å²) in [5, 5.41) is 4.39. The molecule has 0 heterocycles. The number of rotatable bonds is 10. The number of nitrogens with zero attached hydrogens (tertiary/aromatic N) is 1. The highest BCUT2D eigenvalue weighted by Gasteiger charge is 2.13. The number of hydrogen-bond donors (Lipinski definition) is 1. The van der Waals surface area contributed by atoms with E-state index < -0.39 is 5.91 Å². The Labute approximate surface area is 197 Å². The van der Waals surface area contributed by atoms with Gasteiger partial charge in [0.15, 0.2) is 23.0 Å². The van der Waals surface area contributed by atoms with Gasteiger partial charge in [-0.05, 0) is 48.4 Å². The molecule has 0 unspecified atom stereocenters. The molecule has 0 aliphatic rings. The zero-order valence-corrected chi connectivity index (χ0v) is 19.4. The first-order valence-electron chi connectivity index (χ1n) is 10.2. The van der Waals surface area contributed by atoms with Crippen LogP contribution in [-0.4, -0.2) is 32.9 Å². The van der Waals surface area contributed by atoms with Crippen molar-refractivity contribution in [2.24, 2.45) is 5.10 Å². The highest BCUT2D eigenvalue weighted by atomic mass is 35.5. The molecule has 8 heteroatoms. The Kier molecular flexibility index (Phi) is 8.55. The second-order valence-electron chi connectivity index (χ2n) is 6.81. The Balaban J connectivity index is 1.68. The van der Waals surface area contributed by atoms with Crippen molar-refractivity contribution >= 4 is 23.7 Å². The lowest BCUT2D eigenvalue weighted by molar-refractivity contribution is 0.0954. The van der Waals surface area contributed by atoms with Crippen molar-refractivity contribution in [3.63, 3.8) is 0 Å². The van der Waals surface area contributed by atoms with Gasteiger partial charge in [0.05, 0.1) is 32.1 Å². The fourth-order valence-electron chi connectivity index (χ4n) is 3.00. The van der Waals surface area contributed by atoms with E-state index in [-0.39, 0.29) is 0 Å². The predicted octanol–water partition coefficient (Wildman–Crippen LogP) is 5.10. The van der Waals surface area contributed by atoms with Gasteiger partial charge in [-0.2, -0.15) is 5.10 Å². The molecule has 3 aromatic carbocycles. The van der Waals surface area contributed by atoms with Crippen molar-refractivity contribution in [2.75, 3.05) is 20.8 Å². The van der Waals surface area contributed by atoms with Gasteiger partial charge in [0.25, 0.3) is 5.91 Å². The molecule has 0 aliphatic carbocycles. The largest absolute Gasteiger partial charge is 0.493 e. The Morgan fingerprint density at radius 2 is 1.73 bits per heavy atom. The minimum atomic E-state index is -0.395. The normalized spacial score (nSPS) is 10.7. The van der Waals surface area contributed by atoms with Crippen molar-refractivity contribution in [3.8, 4) is 23.0 Å². The van der Waals surface area contributed by atoms with Crippen molar-refractivity contribution < 1.29 is 23.7 Å². The average molecular weight is 469 g/mol. The zero-order chi connectivity index (χ0) is 23.6. The number of hydrazone groups is 1. The number of carbonyl (C=O) groups excluding carboxylic acids is 1. The average Bonchev–Trinajstić information content (AvgIpc) is 2.84. The van der Waals surface area contributed by atoms with Crippen LogP contribution in [0.4, 0.5) is 0 Å². The Morgan fingerprint density at radius 3 is 2.42 bits per heavy atom. The molecule has 0 spiro atoms. The first kappa shape index (κ1) is 23.9. The van der Waals surface area contributed by atoms with Crippen molar-refractivity contribution in [2.45, 2.75) is 13.5 Å². The van der Waals surface area contributed by atoms with E-state index in [2.05, 4.69) is 10.5 Å². The first-order valence-corrected chi connectivity index (χ1v) is 10.6. The van der Waals surface area contributed by atoms with E-state index in [9.17, 15) is 4.79 Å². The molecule has 0 aromatic heterocycles. The number of halogens is 1. The number of amides is 1. The third-order valence-corrected chi connectivity index (χ3v) is 4.86. The Morgan fingerprint density at radius 1 is 0.970 bits per heavy atom. The maximum atomic E-state index is 12.4. The van der Waals surface area contributed by atoms with Crippen LogP contribution in [0.5, 0.6) is 23.0 Å². The van der Waals surface area contributed by atoms with Crippen LogP contribution in [0, 0.1) is 0 Å². The van der Waals surface area contributed by atoms with Crippen LogP contribution in [0.1, 0.15) is 28.4 Å². The maximum Gasteiger partial charge on any atom is 0.271 e. The lowest BCUT2D eigenvalue weighted by Gasteiger charge is -2.13. The summed E-state index contributed by atoms with van der Waals surface area (Å²) in [6, 6.07) is 18.1. The van der Waals surface area contributed by atoms with Crippen LogP contribution < -0.4 is 24.4 Å². The third-order valence-electron chi connectivity index (χ3n) is 4.58. The van der Waals surface area contributed by atoms with Crippen LogP contribution in [-0.2, 0) is 6.61 Å². The molecule has 0 aliphatic heterocycles. The SMILES string of the molecule is CCOc1ccc(C(=O)N/N=C/c2cc(Cl)c(OCc3ccccc3)c(OC)c2)cc1OC. The van der Waals surface area contributed by atoms with Gasteiger partial charge in [-0.3, -0.25) is 4.79 Å². The minimum absolute atomic E-state index is 0.353. The van der Waals surface area contributed by atoms with Crippen LogP contribution in [0.3, 0.4) is 0 Å². The van der Waals surface area contributed by atoms with Gasteiger partial charge in [0.1, 0.15) is 6.61 Å². The molecule has 3 aromatic rings. The summed E-state index contributed by atoms with van der Waals surface area (Å²) in [4.78, 5) is 12.4.